The summed E-state index contributed by atoms with van der Waals surface area (Å²) in [6.07, 6.45) is 40.6. The molecule has 0 aliphatic rings. The van der Waals surface area contributed by atoms with Crippen LogP contribution in [0.2, 0.25) is 0 Å². The van der Waals surface area contributed by atoms with Crippen LogP contribution in [0.3, 0.4) is 0 Å². The lowest BCUT2D eigenvalue weighted by molar-refractivity contribution is -0.161. The minimum atomic E-state index is -4.95. The number of hydrogen-bond acceptors (Lipinski definition) is 15. The monoisotopic (exact) mass is 1300 g/mol. The van der Waals surface area contributed by atoms with Crippen molar-refractivity contribution >= 4 is 39.5 Å². The highest BCUT2D eigenvalue weighted by Gasteiger charge is 2.30. The van der Waals surface area contributed by atoms with E-state index in [9.17, 15) is 43.2 Å². The number of phosphoric ester groups is 2. The largest absolute Gasteiger partial charge is 0.472 e. The maximum absolute atomic E-state index is 13.0. The highest BCUT2D eigenvalue weighted by atomic mass is 31.2. The van der Waals surface area contributed by atoms with Gasteiger partial charge >= 0.3 is 39.5 Å². The number of esters is 4. The van der Waals surface area contributed by atoms with Gasteiger partial charge in [0.1, 0.15) is 19.3 Å². The lowest BCUT2D eigenvalue weighted by atomic mass is 9.99. The molecule has 0 heterocycles. The van der Waals surface area contributed by atoms with Gasteiger partial charge in [-0.2, -0.15) is 0 Å². The maximum atomic E-state index is 13.0. The Labute approximate surface area is 537 Å². The molecule has 88 heavy (non-hydrogen) atoms. The minimum Gasteiger partial charge on any atom is -0.462 e. The normalized spacial score (nSPS) is 14.9. The van der Waals surface area contributed by atoms with Crippen molar-refractivity contribution in [2.24, 2.45) is 23.7 Å². The molecule has 0 aromatic carbocycles. The first-order chi connectivity index (χ1) is 42.2. The predicted molar refractivity (Wildman–Crippen MR) is 354 cm³/mol. The van der Waals surface area contributed by atoms with Crippen molar-refractivity contribution in [3.8, 4) is 0 Å². The van der Waals surface area contributed by atoms with E-state index < -0.39 is 97.5 Å². The molecular weight excluding hydrogens is 1160 g/mol. The van der Waals surface area contributed by atoms with Crippen molar-refractivity contribution in [2.75, 3.05) is 39.6 Å². The van der Waals surface area contributed by atoms with Gasteiger partial charge in [0, 0.05) is 25.7 Å². The van der Waals surface area contributed by atoms with Crippen LogP contribution in [0.1, 0.15) is 338 Å². The van der Waals surface area contributed by atoms with E-state index in [1.807, 2.05) is 0 Å². The number of aliphatic hydroxyl groups is 1. The molecular formula is C69H134O17P2. The summed E-state index contributed by atoms with van der Waals surface area (Å²) in [4.78, 5) is 72.4. The number of rotatable bonds is 66. The fraction of sp³-hybridized carbons (Fsp3) is 0.942. The quantitative estimate of drug-likeness (QED) is 0.0222. The second kappa shape index (κ2) is 58.8. The molecule has 0 aromatic heterocycles. The average Bonchev–Trinajstić information content (AvgIpc) is 3.70. The summed E-state index contributed by atoms with van der Waals surface area (Å²) in [6.45, 7) is 14.0. The number of unbranched alkanes of at least 4 members (excludes halogenated alkanes) is 30. The molecule has 0 aromatic rings. The van der Waals surface area contributed by atoms with E-state index in [2.05, 4.69) is 55.4 Å². The molecule has 0 aliphatic carbocycles. The molecule has 19 heteroatoms. The smallest absolute Gasteiger partial charge is 0.462 e. The number of phosphoric acid groups is 2. The van der Waals surface area contributed by atoms with Gasteiger partial charge in [-0.25, -0.2) is 9.13 Å². The summed E-state index contributed by atoms with van der Waals surface area (Å²) in [5.41, 5.74) is 0. The number of carbonyl (C=O) groups is 4. The van der Waals surface area contributed by atoms with Crippen LogP contribution >= 0.6 is 15.6 Å². The Morgan fingerprint density at radius 2 is 0.545 bits per heavy atom. The van der Waals surface area contributed by atoms with E-state index in [1.165, 1.54) is 135 Å². The standard InChI is InChI=1S/C69H134O17P2/c1-9-61(7)47-39-31-23-17-15-13-11-12-14-16-18-24-33-41-49-66(71)79-56-65(86-69(74)52-44-36-28-27-32-40-48-62(8)10-2)58-84-88(77,78)82-54-63(70)53-81-87(75,76)83-57-64(85-68(73)51-43-35-26-20-22-30-38-46-60(5)6)55-80-67(72)50-42-34-25-19-21-29-37-45-59(3)4/h59-65,70H,9-58H2,1-8H3,(H,75,76)(H,77,78)/t61?,62?,63?,64-,65-/m1/s1. The Kier molecular flexibility index (Phi) is 57.6. The molecule has 0 saturated heterocycles. The molecule has 17 nitrogen and oxygen atoms in total. The van der Waals surface area contributed by atoms with Gasteiger partial charge in [0.25, 0.3) is 0 Å². The summed E-state index contributed by atoms with van der Waals surface area (Å²) in [5.74, 6) is 0.834. The Bertz CT molecular complexity index is 1750. The molecule has 0 radical (unpaired) electrons. The molecule has 0 spiro atoms. The number of ether oxygens (including phenoxy) is 4. The molecule has 7 atom stereocenters. The summed E-state index contributed by atoms with van der Waals surface area (Å²) in [6, 6.07) is 0. The number of hydrogen-bond donors (Lipinski definition) is 3. The van der Waals surface area contributed by atoms with Crippen LogP contribution in [0.25, 0.3) is 0 Å². The van der Waals surface area contributed by atoms with E-state index in [0.717, 1.165) is 108 Å². The fourth-order valence-electron chi connectivity index (χ4n) is 10.2. The first-order valence-corrected chi connectivity index (χ1v) is 38.8. The second-order valence-corrected chi connectivity index (χ2v) is 29.3. The van der Waals surface area contributed by atoms with Crippen LogP contribution in [0.4, 0.5) is 0 Å². The van der Waals surface area contributed by atoms with Crippen LogP contribution < -0.4 is 0 Å². The van der Waals surface area contributed by atoms with Gasteiger partial charge in [0.05, 0.1) is 26.4 Å². The van der Waals surface area contributed by atoms with Crippen LogP contribution in [-0.4, -0.2) is 96.7 Å². The van der Waals surface area contributed by atoms with E-state index in [-0.39, 0.29) is 25.7 Å². The minimum absolute atomic E-state index is 0.102. The van der Waals surface area contributed by atoms with Gasteiger partial charge < -0.3 is 33.8 Å². The molecule has 3 N–H and O–H groups in total. The second-order valence-electron chi connectivity index (χ2n) is 26.4. The maximum Gasteiger partial charge on any atom is 0.472 e. The van der Waals surface area contributed by atoms with Crippen LogP contribution in [-0.2, 0) is 65.4 Å². The Morgan fingerprint density at radius 1 is 0.318 bits per heavy atom. The van der Waals surface area contributed by atoms with Gasteiger partial charge in [-0.15, -0.1) is 0 Å². The van der Waals surface area contributed by atoms with Crippen molar-refractivity contribution in [3.63, 3.8) is 0 Å². The third kappa shape index (κ3) is 60.3. The van der Waals surface area contributed by atoms with Gasteiger partial charge in [-0.1, -0.05) is 287 Å². The number of carbonyl (C=O) groups excluding carboxylic acids is 4. The van der Waals surface area contributed by atoms with Gasteiger partial charge in [-0.3, -0.25) is 37.3 Å². The van der Waals surface area contributed by atoms with Crippen LogP contribution in [0, 0.1) is 23.7 Å². The number of aliphatic hydroxyl groups excluding tert-OH is 1. The highest BCUT2D eigenvalue weighted by Crippen LogP contribution is 2.45. The van der Waals surface area contributed by atoms with E-state index in [4.69, 9.17) is 37.0 Å². The molecule has 0 rings (SSSR count). The lowest BCUT2D eigenvalue weighted by Gasteiger charge is -2.21. The van der Waals surface area contributed by atoms with Gasteiger partial charge in [0.2, 0.25) is 0 Å². The SMILES string of the molecule is CCC(C)CCCCCCCCCCCCCCCCC(=O)OC[C@H](COP(=O)(O)OCC(O)COP(=O)(O)OC[C@@H](COC(=O)CCCCCCCCCC(C)C)OC(=O)CCCCCCCCCC(C)C)OC(=O)CCCCCCCCC(C)CC. The third-order valence-electron chi connectivity index (χ3n) is 16.5. The third-order valence-corrected chi connectivity index (χ3v) is 18.4. The molecule has 0 bridgehead atoms. The zero-order valence-electron chi connectivity index (χ0n) is 57.3. The zero-order chi connectivity index (χ0) is 65.4. The lowest BCUT2D eigenvalue weighted by Crippen LogP contribution is -2.30. The van der Waals surface area contributed by atoms with E-state index in [1.54, 1.807) is 0 Å². The van der Waals surface area contributed by atoms with Crippen LogP contribution in [0.5, 0.6) is 0 Å². The Morgan fingerprint density at radius 3 is 0.807 bits per heavy atom. The molecule has 0 saturated carbocycles. The average molecular weight is 1300 g/mol. The predicted octanol–water partition coefficient (Wildman–Crippen LogP) is 19.3. The summed E-state index contributed by atoms with van der Waals surface area (Å²) >= 11 is 0. The molecule has 0 aliphatic heterocycles. The van der Waals surface area contributed by atoms with Crippen molar-refractivity contribution in [3.05, 3.63) is 0 Å². The summed E-state index contributed by atoms with van der Waals surface area (Å²) in [5, 5.41) is 10.6. The van der Waals surface area contributed by atoms with Gasteiger partial charge in [-0.05, 0) is 49.4 Å². The van der Waals surface area contributed by atoms with Crippen molar-refractivity contribution in [1.82, 2.24) is 0 Å². The molecule has 0 amide bonds. The van der Waals surface area contributed by atoms with Crippen molar-refractivity contribution in [2.45, 2.75) is 356 Å². The van der Waals surface area contributed by atoms with Crippen LogP contribution in [0.15, 0.2) is 0 Å². The first-order valence-electron chi connectivity index (χ1n) is 35.8. The molecule has 522 valence electrons. The van der Waals surface area contributed by atoms with Gasteiger partial charge in [0.15, 0.2) is 12.2 Å². The molecule has 0 fully saturated rings. The fourth-order valence-corrected chi connectivity index (χ4v) is 11.8. The zero-order valence-corrected chi connectivity index (χ0v) is 59.1. The first kappa shape index (κ1) is 86.1. The van der Waals surface area contributed by atoms with Crippen molar-refractivity contribution < 1.29 is 80.2 Å². The summed E-state index contributed by atoms with van der Waals surface area (Å²) < 4.78 is 68.1. The summed E-state index contributed by atoms with van der Waals surface area (Å²) in [7, 11) is -9.90. The molecule has 5 unspecified atom stereocenters. The van der Waals surface area contributed by atoms with E-state index in [0.29, 0.717) is 37.5 Å². The van der Waals surface area contributed by atoms with Crippen molar-refractivity contribution in [1.29, 1.82) is 0 Å². The topological polar surface area (TPSA) is 237 Å². The Balaban J connectivity index is 5.19. The Hall–Kier alpha value is -1.94. The van der Waals surface area contributed by atoms with E-state index >= 15 is 0 Å². The highest BCUT2D eigenvalue weighted by molar-refractivity contribution is 7.47.